The molecule has 2 heterocycles. The van der Waals surface area contributed by atoms with Crippen molar-refractivity contribution in [2.75, 3.05) is 0 Å². The van der Waals surface area contributed by atoms with Crippen molar-refractivity contribution in [2.45, 2.75) is 13.5 Å². The van der Waals surface area contributed by atoms with Gasteiger partial charge in [0, 0.05) is 16.5 Å². The van der Waals surface area contributed by atoms with E-state index in [1.54, 1.807) is 11.3 Å². The van der Waals surface area contributed by atoms with Gasteiger partial charge in [-0.2, -0.15) is 0 Å². The lowest BCUT2D eigenvalue weighted by atomic mass is 10.1. The minimum absolute atomic E-state index is 0.136. The highest BCUT2D eigenvalue weighted by Crippen LogP contribution is 2.24. The molecule has 5 heteroatoms. The minimum atomic E-state index is -0.136. The monoisotopic (exact) mass is 316 g/mol. The van der Waals surface area contributed by atoms with Gasteiger partial charge in [-0.3, -0.25) is 4.79 Å². The summed E-state index contributed by atoms with van der Waals surface area (Å²) >= 11 is 7.71. The molecule has 0 bridgehead atoms. The van der Waals surface area contributed by atoms with Crippen LogP contribution in [0.1, 0.15) is 20.8 Å². The molecule has 1 amide bonds. The summed E-state index contributed by atoms with van der Waals surface area (Å²) in [5, 5.41) is 6.99. The standard InChI is InChI=1S/C16H13ClN2OS/c1-10-6-7-21-14(10)9-19-16(20)13-8-18-15(17)12-5-3-2-4-11(12)13/h2-8H,9H2,1H3,(H,19,20). The fourth-order valence-corrected chi connectivity index (χ4v) is 3.24. The zero-order chi connectivity index (χ0) is 14.8. The number of nitrogens with zero attached hydrogens (tertiary/aromatic N) is 1. The molecule has 0 fully saturated rings. The second-order valence-electron chi connectivity index (χ2n) is 4.72. The topological polar surface area (TPSA) is 42.0 Å². The highest BCUT2D eigenvalue weighted by molar-refractivity contribution is 7.10. The smallest absolute Gasteiger partial charge is 0.253 e. The van der Waals surface area contributed by atoms with Crippen molar-refractivity contribution in [3.8, 4) is 0 Å². The average Bonchev–Trinajstić information content (AvgIpc) is 2.91. The van der Waals surface area contributed by atoms with E-state index in [2.05, 4.69) is 10.3 Å². The number of aryl methyl sites for hydroxylation is 1. The molecule has 0 unspecified atom stereocenters. The SMILES string of the molecule is Cc1ccsc1CNC(=O)c1cnc(Cl)c2ccccc12. The van der Waals surface area contributed by atoms with E-state index in [9.17, 15) is 4.79 Å². The summed E-state index contributed by atoms with van der Waals surface area (Å²) in [6, 6.07) is 9.57. The molecule has 106 valence electrons. The Morgan fingerprint density at radius 2 is 2.05 bits per heavy atom. The predicted molar refractivity (Wildman–Crippen MR) is 87.0 cm³/mol. The van der Waals surface area contributed by atoms with Gasteiger partial charge < -0.3 is 5.32 Å². The van der Waals surface area contributed by atoms with E-state index in [4.69, 9.17) is 11.6 Å². The second-order valence-corrected chi connectivity index (χ2v) is 6.08. The fourth-order valence-electron chi connectivity index (χ4n) is 2.18. The van der Waals surface area contributed by atoms with Crippen molar-refractivity contribution >= 4 is 39.6 Å². The van der Waals surface area contributed by atoms with E-state index in [1.807, 2.05) is 42.6 Å². The Morgan fingerprint density at radius 1 is 1.29 bits per heavy atom. The molecule has 3 aromatic rings. The first kappa shape index (κ1) is 14.0. The van der Waals surface area contributed by atoms with Gasteiger partial charge in [-0.15, -0.1) is 11.3 Å². The lowest BCUT2D eigenvalue weighted by Crippen LogP contribution is -2.23. The summed E-state index contributed by atoms with van der Waals surface area (Å²) in [5.41, 5.74) is 1.74. The Morgan fingerprint density at radius 3 is 2.76 bits per heavy atom. The molecule has 1 aromatic carbocycles. The number of fused-ring (bicyclic) bond motifs is 1. The molecule has 0 radical (unpaired) electrons. The Hall–Kier alpha value is -1.91. The van der Waals surface area contributed by atoms with Gasteiger partial charge in [-0.25, -0.2) is 4.98 Å². The Kier molecular flexibility index (Phi) is 3.90. The molecule has 1 N–H and O–H groups in total. The van der Waals surface area contributed by atoms with Crippen molar-refractivity contribution in [3.05, 3.63) is 63.1 Å². The quantitative estimate of drug-likeness (QED) is 0.736. The van der Waals surface area contributed by atoms with Crippen LogP contribution < -0.4 is 5.32 Å². The van der Waals surface area contributed by atoms with Crippen LogP contribution in [0.5, 0.6) is 0 Å². The number of rotatable bonds is 3. The van der Waals surface area contributed by atoms with Crippen LogP contribution in [-0.2, 0) is 6.54 Å². The molecular weight excluding hydrogens is 304 g/mol. The first-order chi connectivity index (χ1) is 10.2. The number of thiophene rings is 1. The van der Waals surface area contributed by atoms with E-state index < -0.39 is 0 Å². The number of hydrogen-bond acceptors (Lipinski definition) is 3. The maximum atomic E-state index is 12.4. The number of hydrogen-bond donors (Lipinski definition) is 1. The number of pyridine rings is 1. The molecular formula is C16H13ClN2OS. The molecule has 0 atom stereocenters. The Bertz CT molecular complexity index is 813. The largest absolute Gasteiger partial charge is 0.347 e. The number of nitrogens with one attached hydrogen (secondary N) is 1. The Labute approximate surface area is 131 Å². The molecule has 3 nitrogen and oxygen atoms in total. The van der Waals surface area contributed by atoms with Gasteiger partial charge in [0.05, 0.1) is 12.1 Å². The predicted octanol–water partition coefficient (Wildman–Crippen LogP) is 4.19. The maximum Gasteiger partial charge on any atom is 0.253 e. The van der Waals surface area contributed by atoms with Crippen LogP contribution in [-0.4, -0.2) is 10.9 Å². The van der Waals surface area contributed by atoms with Gasteiger partial charge in [0.2, 0.25) is 0 Å². The number of carbonyl (C=O) groups excluding carboxylic acids is 1. The van der Waals surface area contributed by atoms with Crippen LogP contribution >= 0.6 is 22.9 Å². The summed E-state index contributed by atoms with van der Waals surface area (Å²) in [5.74, 6) is -0.136. The lowest BCUT2D eigenvalue weighted by molar-refractivity contribution is 0.0952. The van der Waals surface area contributed by atoms with Crippen LogP contribution in [0.2, 0.25) is 5.15 Å². The van der Waals surface area contributed by atoms with Crippen molar-refractivity contribution in [3.63, 3.8) is 0 Å². The van der Waals surface area contributed by atoms with Gasteiger partial charge in [0.1, 0.15) is 5.15 Å². The molecule has 2 aromatic heterocycles. The zero-order valence-electron chi connectivity index (χ0n) is 11.4. The van der Waals surface area contributed by atoms with E-state index in [-0.39, 0.29) is 5.91 Å². The van der Waals surface area contributed by atoms with Crippen molar-refractivity contribution < 1.29 is 4.79 Å². The normalized spacial score (nSPS) is 10.8. The number of carbonyl (C=O) groups is 1. The van der Waals surface area contributed by atoms with Gasteiger partial charge in [0.15, 0.2) is 0 Å². The lowest BCUT2D eigenvalue weighted by Gasteiger charge is -2.08. The van der Waals surface area contributed by atoms with Crippen LogP contribution in [0.4, 0.5) is 0 Å². The van der Waals surface area contributed by atoms with Crippen LogP contribution in [0.15, 0.2) is 41.9 Å². The molecule has 0 saturated heterocycles. The second kappa shape index (κ2) is 5.84. The van der Waals surface area contributed by atoms with E-state index in [0.29, 0.717) is 17.3 Å². The van der Waals surface area contributed by atoms with Crippen LogP contribution in [0, 0.1) is 6.92 Å². The Balaban J connectivity index is 1.88. The van der Waals surface area contributed by atoms with Crippen molar-refractivity contribution in [1.82, 2.24) is 10.3 Å². The molecule has 0 saturated carbocycles. The highest BCUT2D eigenvalue weighted by Gasteiger charge is 2.13. The van der Waals surface area contributed by atoms with Crippen LogP contribution in [0.3, 0.4) is 0 Å². The van der Waals surface area contributed by atoms with Gasteiger partial charge in [-0.1, -0.05) is 35.9 Å². The van der Waals surface area contributed by atoms with Gasteiger partial charge in [-0.05, 0) is 29.3 Å². The third-order valence-electron chi connectivity index (χ3n) is 3.37. The van der Waals surface area contributed by atoms with E-state index in [1.165, 1.54) is 11.8 Å². The third kappa shape index (κ3) is 2.77. The molecule has 0 aliphatic rings. The molecule has 0 spiro atoms. The van der Waals surface area contributed by atoms with Crippen LogP contribution in [0.25, 0.3) is 10.8 Å². The highest BCUT2D eigenvalue weighted by atomic mass is 35.5. The maximum absolute atomic E-state index is 12.4. The summed E-state index contributed by atoms with van der Waals surface area (Å²) < 4.78 is 0. The number of aromatic nitrogens is 1. The minimum Gasteiger partial charge on any atom is -0.347 e. The summed E-state index contributed by atoms with van der Waals surface area (Å²) in [4.78, 5) is 17.6. The molecule has 3 rings (SSSR count). The van der Waals surface area contributed by atoms with E-state index >= 15 is 0 Å². The first-order valence-corrected chi connectivity index (χ1v) is 7.77. The van der Waals surface area contributed by atoms with E-state index in [0.717, 1.165) is 15.6 Å². The molecule has 0 aliphatic heterocycles. The number of amides is 1. The zero-order valence-corrected chi connectivity index (χ0v) is 13.0. The van der Waals surface area contributed by atoms with Crippen molar-refractivity contribution in [2.24, 2.45) is 0 Å². The summed E-state index contributed by atoms with van der Waals surface area (Å²) in [6.07, 6.45) is 1.53. The molecule has 21 heavy (non-hydrogen) atoms. The summed E-state index contributed by atoms with van der Waals surface area (Å²) in [7, 11) is 0. The third-order valence-corrected chi connectivity index (χ3v) is 4.69. The summed E-state index contributed by atoms with van der Waals surface area (Å²) in [6.45, 7) is 2.57. The number of benzene rings is 1. The van der Waals surface area contributed by atoms with Gasteiger partial charge >= 0.3 is 0 Å². The van der Waals surface area contributed by atoms with Crippen molar-refractivity contribution in [1.29, 1.82) is 0 Å². The average molecular weight is 317 g/mol. The molecule has 0 aliphatic carbocycles. The first-order valence-electron chi connectivity index (χ1n) is 6.51. The van der Waals surface area contributed by atoms with Gasteiger partial charge in [0.25, 0.3) is 5.91 Å². The fraction of sp³-hybridized carbons (Fsp3) is 0.125. The number of halogens is 1.